The molecule has 0 aliphatic heterocycles. The van der Waals surface area contributed by atoms with Crippen LogP contribution in [0.2, 0.25) is 0 Å². The number of hydrogen-bond donors (Lipinski definition) is 1. The Morgan fingerprint density at radius 3 is 3.00 bits per heavy atom. The summed E-state index contributed by atoms with van der Waals surface area (Å²) in [6.45, 7) is 2.20. The fourth-order valence-electron chi connectivity index (χ4n) is 1.18. The van der Waals surface area contributed by atoms with Crippen LogP contribution in [0.25, 0.3) is 6.08 Å². The number of hydrogen-bond acceptors (Lipinski definition) is 3. The van der Waals surface area contributed by atoms with Crippen LogP contribution in [-0.4, -0.2) is 16.8 Å². The molecular weight excluding hydrogens is 240 g/mol. The summed E-state index contributed by atoms with van der Waals surface area (Å²) >= 11 is 3.50. The van der Waals surface area contributed by atoms with E-state index in [-0.39, 0.29) is 0 Å². The summed E-state index contributed by atoms with van der Waals surface area (Å²) in [5, 5.41) is 8.49. The Morgan fingerprint density at radius 2 is 2.31 bits per heavy atom. The highest BCUT2D eigenvalue weighted by atomic mass is 32.2. The summed E-state index contributed by atoms with van der Waals surface area (Å²) in [7, 11) is 0. The molecule has 1 heterocycles. The van der Waals surface area contributed by atoms with Crippen LogP contribution < -0.4 is 0 Å². The van der Waals surface area contributed by atoms with Crippen LogP contribution in [0.4, 0.5) is 0 Å². The first kappa shape index (κ1) is 13.3. The Kier molecular flexibility index (Phi) is 6.26. The molecule has 88 valence electrons. The van der Waals surface area contributed by atoms with Gasteiger partial charge in [0.05, 0.1) is 4.21 Å². The molecule has 4 heteroatoms. The van der Waals surface area contributed by atoms with Crippen LogP contribution in [0.5, 0.6) is 0 Å². The molecule has 0 fully saturated rings. The number of carboxylic acids is 1. The molecule has 0 aromatic carbocycles. The van der Waals surface area contributed by atoms with Crippen molar-refractivity contribution in [3.8, 4) is 0 Å². The molecule has 2 nitrogen and oxygen atoms in total. The first-order chi connectivity index (χ1) is 7.72. The number of unbranched alkanes of at least 4 members (excludes halogenated alkanes) is 2. The quantitative estimate of drug-likeness (QED) is 0.453. The van der Waals surface area contributed by atoms with Gasteiger partial charge in [-0.1, -0.05) is 19.8 Å². The maximum Gasteiger partial charge on any atom is 0.328 e. The normalized spacial score (nSPS) is 11.1. The second kappa shape index (κ2) is 7.52. The molecule has 0 bridgehead atoms. The van der Waals surface area contributed by atoms with E-state index in [0.29, 0.717) is 0 Å². The first-order valence-electron chi connectivity index (χ1n) is 5.36. The maximum atomic E-state index is 10.3. The maximum absolute atomic E-state index is 10.3. The Bertz CT molecular complexity index is 356. The predicted octanol–water partition coefficient (Wildman–Crippen LogP) is 4.13. The zero-order valence-electron chi connectivity index (χ0n) is 9.31. The molecule has 0 unspecified atom stereocenters. The van der Waals surface area contributed by atoms with Crippen molar-refractivity contribution in [1.82, 2.24) is 0 Å². The highest BCUT2D eigenvalue weighted by Gasteiger charge is 1.98. The summed E-state index contributed by atoms with van der Waals surface area (Å²) < 4.78 is 1.26. The van der Waals surface area contributed by atoms with Crippen molar-refractivity contribution in [2.24, 2.45) is 0 Å². The minimum atomic E-state index is -0.898. The van der Waals surface area contributed by atoms with Gasteiger partial charge in [-0.2, -0.15) is 0 Å². The van der Waals surface area contributed by atoms with Gasteiger partial charge in [-0.3, -0.25) is 0 Å². The molecule has 0 atom stereocenters. The lowest BCUT2D eigenvalue weighted by molar-refractivity contribution is -0.131. The first-order valence-corrected chi connectivity index (χ1v) is 7.16. The van der Waals surface area contributed by atoms with Crippen molar-refractivity contribution in [3.05, 3.63) is 23.1 Å². The average molecular weight is 256 g/mol. The molecule has 16 heavy (non-hydrogen) atoms. The topological polar surface area (TPSA) is 37.3 Å². The smallest absolute Gasteiger partial charge is 0.328 e. The molecule has 0 saturated carbocycles. The number of thiophene rings is 1. The van der Waals surface area contributed by atoms with E-state index in [1.165, 1.54) is 29.5 Å². The lowest BCUT2D eigenvalue weighted by Crippen LogP contribution is -1.84. The SMILES string of the molecule is CCCCCSc1ccc(C=CC(=O)O)s1. The monoisotopic (exact) mass is 256 g/mol. The second-order valence-corrected chi connectivity index (χ2v) is 5.89. The van der Waals surface area contributed by atoms with Gasteiger partial charge in [0.15, 0.2) is 0 Å². The van der Waals surface area contributed by atoms with E-state index >= 15 is 0 Å². The van der Waals surface area contributed by atoms with Gasteiger partial charge < -0.3 is 5.11 Å². The molecule has 1 rings (SSSR count). The fourth-order valence-corrected chi connectivity index (χ4v) is 3.31. The summed E-state index contributed by atoms with van der Waals surface area (Å²) in [4.78, 5) is 11.3. The van der Waals surface area contributed by atoms with Crippen molar-refractivity contribution in [2.45, 2.75) is 30.4 Å². The van der Waals surface area contributed by atoms with Gasteiger partial charge in [-0.15, -0.1) is 23.1 Å². The minimum Gasteiger partial charge on any atom is -0.478 e. The van der Waals surface area contributed by atoms with Gasteiger partial charge >= 0.3 is 5.97 Å². The molecule has 1 aromatic rings. The average Bonchev–Trinajstić information content (AvgIpc) is 2.70. The van der Waals surface area contributed by atoms with Crippen LogP contribution in [0, 0.1) is 0 Å². The predicted molar refractivity (Wildman–Crippen MR) is 71.2 cm³/mol. The van der Waals surface area contributed by atoms with Gasteiger partial charge in [-0.05, 0) is 30.4 Å². The standard InChI is InChI=1S/C12H16O2S2/c1-2-3-4-9-15-12-8-6-10(16-12)5-7-11(13)14/h5-8H,2-4,9H2,1H3,(H,13,14). The molecule has 1 N–H and O–H groups in total. The van der Waals surface area contributed by atoms with Crippen molar-refractivity contribution in [3.63, 3.8) is 0 Å². The highest BCUT2D eigenvalue weighted by molar-refractivity contribution is 8.01. The van der Waals surface area contributed by atoms with Crippen molar-refractivity contribution in [1.29, 1.82) is 0 Å². The number of carboxylic acid groups (broad SMARTS) is 1. The Balaban J connectivity index is 2.36. The number of aliphatic carboxylic acids is 1. The summed E-state index contributed by atoms with van der Waals surface area (Å²) in [6, 6.07) is 4.02. The van der Waals surface area contributed by atoms with Crippen molar-refractivity contribution in [2.75, 3.05) is 5.75 Å². The number of carbonyl (C=O) groups is 1. The van der Waals surface area contributed by atoms with Crippen LogP contribution in [-0.2, 0) is 4.79 Å². The zero-order valence-corrected chi connectivity index (χ0v) is 10.9. The molecule has 1 aromatic heterocycles. The largest absolute Gasteiger partial charge is 0.478 e. The third-order valence-corrected chi connectivity index (χ3v) is 4.35. The molecule has 0 aliphatic rings. The van der Waals surface area contributed by atoms with E-state index in [2.05, 4.69) is 13.0 Å². The van der Waals surface area contributed by atoms with Gasteiger partial charge in [-0.25, -0.2) is 4.79 Å². The lowest BCUT2D eigenvalue weighted by atomic mass is 10.3. The molecule has 0 saturated heterocycles. The van der Waals surface area contributed by atoms with Gasteiger partial charge in [0, 0.05) is 11.0 Å². The highest BCUT2D eigenvalue weighted by Crippen LogP contribution is 2.28. The summed E-state index contributed by atoms with van der Waals surface area (Å²) in [5.41, 5.74) is 0. The zero-order chi connectivity index (χ0) is 11.8. The third-order valence-electron chi connectivity index (χ3n) is 1.98. The van der Waals surface area contributed by atoms with Crippen LogP contribution in [0.3, 0.4) is 0 Å². The Morgan fingerprint density at radius 1 is 1.50 bits per heavy atom. The van der Waals surface area contributed by atoms with E-state index in [1.54, 1.807) is 17.4 Å². The molecule has 0 radical (unpaired) electrons. The summed E-state index contributed by atoms with van der Waals surface area (Å²) in [6.07, 6.45) is 6.60. The van der Waals surface area contributed by atoms with E-state index in [1.807, 2.05) is 17.8 Å². The van der Waals surface area contributed by atoms with Gasteiger partial charge in [0.25, 0.3) is 0 Å². The molecule has 0 aliphatic carbocycles. The molecule has 0 spiro atoms. The number of rotatable bonds is 7. The summed E-state index contributed by atoms with van der Waals surface area (Å²) in [5.74, 6) is 0.252. The minimum absolute atomic E-state index is 0.898. The second-order valence-electron chi connectivity index (χ2n) is 3.38. The van der Waals surface area contributed by atoms with Crippen LogP contribution in [0.15, 0.2) is 22.4 Å². The van der Waals surface area contributed by atoms with Crippen LogP contribution in [0.1, 0.15) is 31.1 Å². The Labute approximate surface area is 104 Å². The third kappa shape index (κ3) is 5.37. The van der Waals surface area contributed by atoms with Crippen molar-refractivity contribution < 1.29 is 9.90 Å². The number of thioether (sulfide) groups is 1. The Hall–Kier alpha value is -0.740. The lowest BCUT2D eigenvalue weighted by Gasteiger charge is -1.96. The van der Waals surface area contributed by atoms with Crippen molar-refractivity contribution >= 4 is 35.1 Å². The van der Waals surface area contributed by atoms with E-state index < -0.39 is 5.97 Å². The van der Waals surface area contributed by atoms with Gasteiger partial charge in [0.2, 0.25) is 0 Å². The van der Waals surface area contributed by atoms with E-state index in [0.717, 1.165) is 10.6 Å². The molecular formula is C12H16O2S2. The van der Waals surface area contributed by atoms with Crippen LogP contribution >= 0.6 is 23.1 Å². The van der Waals surface area contributed by atoms with Gasteiger partial charge in [0.1, 0.15) is 0 Å². The fraction of sp³-hybridized carbons (Fsp3) is 0.417. The molecule has 0 amide bonds. The van der Waals surface area contributed by atoms with E-state index in [4.69, 9.17) is 5.11 Å². The van der Waals surface area contributed by atoms with E-state index in [9.17, 15) is 4.79 Å².